The van der Waals surface area contributed by atoms with Crippen LogP contribution in [0.3, 0.4) is 0 Å². The fourth-order valence-corrected chi connectivity index (χ4v) is 2.00. The van der Waals surface area contributed by atoms with Crippen LogP contribution in [0.2, 0.25) is 0 Å². The minimum absolute atomic E-state index is 0.0272. The second-order valence-electron chi connectivity index (χ2n) is 4.15. The molecule has 0 atom stereocenters. The van der Waals surface area contributed by atoms with Gasteiger partial charge in [0.25, 0.3) is 0 Å². The normalized spacial score (nSPS) is 16.8. The lowest BCUT2D eigenvalue weighted by Gasteiger charge is -2.20. The van der Waals surface area contributed by atoms with Gasteiger partial charge >= 0.3 is 6.61 Å². The average Bonchev–Trinajstić information content (AvgIpc) is 2.39. The van der Waals surface area contributed by atoms with Crippen molar-refractivity contribution in [1.82, 2.24) is 0 Å². The van der Waals surface area contributed by atoms with Crippen LogP contribution in [0.25, 0.3) is 0 Å². The van der Waals surface area contributed by atoms with Crippen LogP contribution in [0.1, 0.15) is 23.2 Å². The van der Waals surface area contributed by atoms with Gasteiger partial charge in [0.15, 0.2) is 5.78 Å². The van der Waals surface area contributed by atoms with E-state index in [0.29, 0.717) is 31.6 Å². The first-order valence-electron chi connectivity index (χ1n) is 5.83. The van der Waals surface area contributed by atoms with Gasteiger partial charge in [-0.1, -0.05) is 0 Å². The molecule has 1 aromatic rings. The molecule has 0 saturated carbocycles. The largest absolute Gasteiger partial charge is 0.435 e. The van der Waals surface area contributed by atoms with Crippen LogP contribution >= 0.6 is 0 Å². The molecule has 0 unspecified atom stereocenters. The Hall–Kier alpha value is -1.49. The predicted octanol–water partition coefficient (Wildman–Crippen LogP) is 2.90. The van der Waals surface area contributed by atoms with E-state index in [2.05, 4.69) is 4.74 Å². The molecule has 1 aromatic carbocycles. The summed E-state index contributed by atoms with van der Waals surface area (Å²) in [5.74, 6) is 0.0797. The first-order valence-corrected chi connectivity index (χ1v) is 5.83. The van der Waals surface area contributed by atoms with E-state index < -0.39 is 6.61 Å². The topological polar surface area (TPSA) is 35.5 Å². The molecular weight excluding hydrogens is 242 g/mol. The molecule has 1 fully saturated rings. The third kappa shape index (κ3) is 3.26. The van der Waals surface area contributed by atoms with Crippen molar-refractivity contribution >= 4 is 5.78 Å². The zero-order valence-corrected chi connectivity index (χ0v) is 9.77. The number of ether oxygens (including phenoxy) is 2. The molecule has 18 heavy (non-hydrogen) atoms. The van der Waals surface area contributed by atoms with Crippen molar-refractivity contribution in [3.8, 4) is 5.75 Å². The monoisotopic (exact) mass is 256 g/mol. The Kier molecular flexibility index (Phi) is 4.25. The van der Waals surface area contributed by atoms with Crippen molar-refractivity contribution in [3.05, 3.63) is 29.8 Å². The van der Waals surface area contributed by atoms with Gasteiger partial charge < -0.3 is 9.47 Å². The maximum atomic E-state index is 12.1. The summed E-state index contributed by atoms with van der Waals surface area (Å²) < 4.78 is 33.4. The van der Waals surface area contributed by atoms with Crippen LogP contribution in [-0.4, -0.2) is 25.6 Å². The molecule has 3 nitrogen and oxygen atoms in total. The van der Waals surface area contributed by atoms with Gasteiger partial charge in [0.1, 0.15) is 5.75 Å². The Morgan fingerprint density at radius 1 is 1.22 bits per heavy atom. The van der Waals surface area contributed by atoms with Crippen LogP contribution in [-0.2, 0) is 4.74 Å². The summed E-state index contributed by atoms with van der Waals surface area (Å²) >= 11 is 0. The van der Waals surface area contributed by atoms with Crippen molar-refractivity contribution in [2.45, 2.75) is 19.5 Å². The molecule has 0 bridgehead atoms. The third-order valence-electron chi connectivity index (χ3n) is 2.96. The Bertz CT molecular complexity index is 397. The lowest BCUT2D eigenvalue weighted by Crippen LogP contribution is -2.23. The van der Waals surface area contributed by atoms with Gasteiger partial charge in [0.05, 0.1) is 0 Å². The molecule has 1 aliphatic rings. The summed E-state index contributed by atoms with van der Waals surface area (Å²) in [6, 6.07) is 5.82. The minimum atomic E-state index is -2.85. The third-order valence-corrected chi connectivity index (χ3v) is 2.96. The van der Waals surface area contributed by atoms with Crippen molar-refractivity contribution in [1.29, 1.82) is 0 Å². The number of hydrogen-bond donors (Lipinski definition) is 0. The number of benzene rings is 1. The zero-order chi connectivity index (χ0) is 13.0. The Labute approximate surface area is 104 Å². The number of rotatable bonds is 4. The molecule has 5 heteroatoms. The molecule has 2 rings (SSSR count). The van der Waals surface area contributed by atoms with Crippen LogP contribution in [0, 0.1) is 5.92 Å². The average molecular weight is 256 g/mol. The molecule has 98 valence electrons. The summed E-state index contributed by atoms with van der Waals surface area (Å²) in [5, 5.41) is 0. The van der Waals surface area contributed by atoms with Crippen molar-refractivity contribution in [3.63, 3.8) is 0 Å². The lowest BCUT2D eigenvalue weighted by atomic mass is 9.91. The number of Topliss-reactive ketones (excluding diaryl/α,β-unsaturated/α-hetero) is 1. The molecule has 0 radical (unpaired) electrons. The van der Waals surface area contributed by atoms with Crippen molar-refractivity contribution in [2.24, 2.45) is 5.92 Å². The molecule has 0 aliphatic carbocycles. The molecular formula is C13H14F2O3. The summed E-state index contributed by atoms with van der Waals surface area (Å²) in [5.41, 5.74) is 0.531. The van der Waals surface area contributed by atoms with Crippen LogP contribution in [0.5, 0.6) is 5.75 Å². The Morgan fingerprint density at radius 2 is 1.83 bits per heavy atom. The van der Waals surface area contributed by atoms with E-state index in [0.717, 1.165) is 0 Å². The maximum Gasteiger partial charge on any atom is 0.387 e. The van der Waals surface area contributed by atoms with Gasteiger partial charge in [-0.2, -0.15) is 8.78 Å². The second-order valence-corrected chi connectivity index (χ2v) is 4.15. The summed E-state index contributed by atoms with van der Waals surface area (Å²) in [6.45, 7) is -1.64. The van der Waals surface area contributed by atoms with E-state index in [1.54, 1.807) is 0 Å². The summed E-state index contributed by atoms with van der Waals surface area (Å²) in [4.78, 5) is 12.1. The number of hydrogen-bond acceptors (Lipinski definition) is 3. The van der Waals surface area contributed by atoms with Gasteiger partial charge in [-0.25, -0.2) is 0 Å². The highest BCUT2D eigenvalue weighted by Crippen LogP contribution is 2.22. The molecule has 0 aromatic heterocycles. The van der Waals surface area contributed by atoms with Crippen LogP contribution in [0.4, 0.5) is 8.78 Å². The molecule has 0 spiro atoms. The number of halogens is 2. The molecule has 0 N–H and O–H groups in total. The number of carbonyl (C=O) groups is 1. The highest BCUT2D eigenvalue weighted by Gasteiger charge is 2.22. The second kappa shape index (κ2) is 5.91. The van der Waals surface area contributed by atoms with E-state index in [-0.39, 0.29) is 17.5 Å². The number of ketones is 1. The van der Waals surface area contributed by atoms with Gasteiger partial charge in [-0.3, -0.25) is 4.79 Å². The standard InChI is InChI=1S/C13H14F2O3/c14-13(15)18-11-3-1-9(2-4-11)12(16)10-5-7-17-8-6-10/h1-4,10,13H,5-8H2. The lowest BCUT2D eigenvalue weighted by molar-refractivity contribution is -0.0498. The predicted molar refractivity (Wildman–Crippen MR) is 60.9 cm³/mol. The van der Waals surface area contributed by atoms with Gasteiger partial charge in [0, 0.05) is 24.7 Å². The van der Waals surface area contributed by atoms with Crippen molar-refractivity contribution in [2.75, 3.05) is 13.2 Å². The SMILES string of the molecule is O=C(c1ccc(OC(F)F)cc1)C1CCOCC1. The smallest absolute Gasteiger partial charge is 0.387 e. The van der Waals surface area contributed by atoms with Gasteiger partial charge in [-0.15, -0.1) is 0 Å². The highest BCUT2D eigenvalue weighted by atomic mass is 19.3. The molecule has 1 saturated heterocycles. The van der Waals surface area contributed by atoms with E-state index in [4.69, 9.17) is 4.74 Å². The summed E-state index contributed by atoms with van der Waals surface area (Å²) in [7, 11) is 0. The Morgan fingerprint density at radius 3 is 2.39 bits per heavy atom. The molecule has 1 heterocycles. The van der Waals surface area contributed by atoms with E-state index in [1.807, 2.05) is 0 Å². The van der Waals surface area contributed by atoms with E-state index in [1.165, 1.54) is 24.3 Å². The molecule has 1 aliphatic heterocycles. The maximum absolute atomic E-state index is 12.1. The first-order chi connectivity index (χ1) is 8.66. The van der Waals surface area contributed by atoms with E-state index in [9.17, 15) is 13.6 Å². The zero-order valence-electron chi connectivity index (χ0n) is 9.77. The van der Waals surface area contributed by atoms with Crippen LogP contribution in [0.15, 0.2) is 24.3 Å². The Balaban J connectivity index is 2.02. The van der Waals surface area contributed by atoms with E-state index >= 15 is 0 Å². The fraction of sp³-hybridized carbons (Fsp3) is 0.462. The fourth-order valence-electron chi connectivity index (χ4n) is 2.00. The first kappa shape index (κ1) is 13.0. The van der Waals surface area contributed by atoms with Gasteiger partial charge in [-0.05, 0) is 37.1 Å². The highest BCUT2D eigenvalue weighted by molar-refractivity contribution is 5.98. The van der Waals surface area contributed by atoms with Gasteiger partial charge in [0.2, 0.25) is 0 Å². The number of alkyl halides is 2. The molecule has 0 amide bonds. The summed E-state index contributed by atoms with van der Waals surface area (Å²) in [6.07, 6.45) is 1.43. The van der Waals surface area contributed by atoms with Crippen molar-refractivity contribution < 1.29 is 23.0 Å². The minimum Gasteiger partial charge on any atom is -0.435 e. The number of carbonyl (C=O) groups excluding carboxylic acids is 1. The van der Waals surface area contributed by atoms with Crippen LogP contribution < -0.4 is 4.74 Å². The quantitative estimate of drug-likeness (QED) is 0.777.